The van der Waals surface area contributed by atoms with Gasteiger partial charge in [0.25, 0.3) is 0 Å². The third-order valence-electron chi connectivity index (χ3n) is 2.06. The summed E-state index contributed by atoms with van der Waals surface area (Å²) in [6, 6.07) is 0. The molecule has 0 aromatic carbocycles. The van der Waals surface area contributed by atoms with Gasteiger partial charge >= 0.3 is 5.97 Å². The van der Waals surface area contributed by atoms with E-state index >= 15 is 0 Å². The quantitative estimate of drug-likeness (QED) is 0.613. The Labute approximate surface area is 74.5 Å². The third-order valence-corrected chi connectivity index (χ3v) is 2.06. The highest BCUT2D eigenvalue weighted by atomic mass is 16.5. The molecular formula is C9H19NO2. The van der Waals surface area contributed by atoms with Crippen LogP contribution in [0.15, 0.2) is 0 Å². The number of nitrogens with one attached hydrogen (secondary N) is 1. The second-order valence-corrected chi connectivity index (χ2v) is 2.95. The van der Waals surface area contributed by atoms with Crippen LogP contribution < -0.4 is 5.32 Å². The SMILES string of the molecule is CCC(CCNC)CC(=O)OC. The van der Waals surface area contributed by atoms with Crippen molar-refractivity contribution in [2.75, 3.05) is 20.7 Å². The minimum Gasteiger partial charge on any atom is -0.469 e. The molecule has 0 bridgehead atoms. The molecule has 0 amide bonds. The minimum absolute atomic E-state index is 0.0991. The van der Waals surface area contributed by atoms with Crippen LogP contribution >= 0.6 is 0 Å². The first-order valence-corrected chi connectivity index (χ1v) is 4.46. The van der Waals surface area contributed by atoms with Gasteiger partial charge < -0.3 is 10.1 Å². The number of hydrogen-bond acceptors (Lipinski definition) is 3. The topological polar surface area (TPSA) is 38.3 Å². The second-order valence-electron chi connectivity index (χ2n) is 2.95. The van der Waals surface area contributed by atoms with Crippen LogP contribution in [0.4, 0.5) is 0 Å². The summed E-state index contributed by atoms with van der Waals surface area (Å²) in [5.41, 5.74) is 0. The minimum atomic E-state index is -0.0991. The summed E-state index contributed by atoms with van der Waals surface area (Å²) < 4.78 is 4.60. The van der Waals surface area contributed by atoms with E-state index in [0.29, 0.717) is 12.3 Å². The molecule has 0 aliphatic rings. The molecular weight excluding hydrogens is 154 g/mol. The number of hydrogen-bond donors (Lipinski definition) is 1. The predicted octanol–water partition coefficient (Wildman–Crippen LogP) is 1.19. The molecule has 3 heteroatoms. The highest BCUT2D eigenvalue weighted by Gasteiger charge is 2.11. The van der Waals surface area contributed by atoms with Crippen molar-refractivity contribution in [1.82, 2.24) is 5.32 Å². The molecule has 1 N–H and O–H groups in total. The van der Waals surface area contributed by atoms with Crippen molar-refractivity contribution < 1.29 is 9.53 Å². The van der Waals surface area contributed by atoms with Crippen molar-refractivity contribution in [2.45, 2.75) is 26.2 Å². The first-order chi connectivity index (χ1) is 5.74. The van der Waals surface area contributed by atoms with Crippen molar-refractivity contribution in [1.29, 1.82) is 0 Å². The van der Waals surface area contributed by atoms with Gasteiger partial charge in [0.05, 0.1) is 7.11 Å². The van der Waals surface area contributed by atoms with Crippen molar-refractivity contribution in [2.24, 2.45) is 5.92 Å². The molecule has 0 rings (SSSR count). The zero-order chi connectivity index (χ0) is 9.40. The number of rotatable bonds is 6. The van der Waals surface area contributed by atoms with Gasteiger partial charge in [-0.1, -0.05) is 13.3 Å². The molecule has 0 radical (unpaired) electrons. The van der Waals surface area contributed by atoms with E-state index in [4.69, 9.17) is 0 Å². The Morgan fingerprint density at radius 3 is 2.67 bits per heavy atom. The van der Waals surface area contributed by atoms with Gasteiger partial charge in [0.1, 0.15) is 0 Å². The maximum atomic E-state index is 10.9. The summed E-state index contributed by atoms with van der Waals surface area (Å²) in [6.07, 6.45) is 2.63. The molecule has 0 spiro atoms. The third kappa shape index (κ3) is 5.13. The summed E-state index contributed by atoms with van der Waals surface area (Å²) in [4.78, 5) is 10.9. The summed E-state index contributed by atoms with van der Waals surface area (Å²) in [5.74, 6) is 0.364. The predicted molar refractivity (Wildman–Crippen MR) is 49.0 cm³/mol. The number of ether oxygens (including phenoxy) is 1. The van der Waals surface area contributed by atoms with Gasteiger partial charge in [-0.15, -0.1) is 0 Å². The molecule has 12 heavy (non-hydrogen) atoms. The summed E-state index contributed by atoms with van der Waals surface area (Å²) in [7, 11) is 3.36. The van der Waals surface area contributed by atoms with Crippen molar-refractivity contribution in [3.05, 3.63) is 0 Å². The van der Waals surface area contributed by atoms with E-state index < -0.39 is 0 Å². The Bertz CT molecular complexity index is 126. The molecule has 0 saturated heterocycles. The lowest BCUT2D eigenvalue weighted by Gasteiger charge is -2.12. The standard InChI is InChI=1S/C9H19NO2/c1-4-8(5-6-10-2)7-9(11)12-3/h8,10H,4-7H2,1-3H3. The van der Waals surface area contributed by atoms with Gasteiger partial charge in [-0.3, -0.25) is 4.79 Å². The van der Waals surface area contributed by atoms with E-state index in [-0.39, 0.29) is 5.97 Å². The van der Waals surface area contributed by atoms with Crippen LogP contribution in [-0.2, 0) is 9.53 Å². The molecule has 72 valence electrons. The van der Waals surface area contributed by atoms with Crippen LogP contribution in [0, 0.1) is 5.92 Å². The molecule has 0 saturated carbocycles. The largest absolute Gasteiger partial charge is 0.469 e. The average Bonchev–Trinajstić information content (AvgIpc) is 2.11. The number of methoxy groups -OCH3 is 1. The first-order valence-electron chi connectivity index (χ1n) is 4.46. The van der Waals surface area contributed by atoms with E-state index in [9.17, 15) is 4.79 Å². The van der Waals surface area contributed by atoms with Gasteiger partial charge in [0.2, 0.25) is 0 Å². The van der Waals surface area contributed by atoms with Crippen LogP contribution in [0.2, 0.25) is 0 Å². The Balaban J connectivity index is 3.59. The van der Waals surface area contributed by atoms with Crippen LogP contribution in [0.25, 0.3) is 0 Å². The molecule has 0 aliphatic carbocycles. The molecule has 0 aliphatic heterocycles. The summed E-state index contributed by atoms with van der Waals surface area (Å²) in [5, 5.41) is 3.07. The second kappa shape index (κ2) is 7.10. The Hall–Kier alpha value is -0.570. The van der Waals surface area contributed by atoms with E-state index in [2.05, 4.69) is 17.0 Å². The number of esters is 1. The Kier molecular flexibility index (Phi) is 6.76. The van der Waals surface area contributed by atoms with Crippen molar-refractivity contribution in [3.63, 3.8) is 0 Å². The molecule has 3 nitrogen and oxygen atoms in total. The Morgan fingerprint density at radius 2 is 2.25 bits per heavy atom. The van der Waals surface area contributed by atoms with Crippen molar-refractivity contribution in [3.8, 4) is 0 Å². The molecule has 1 unspecified atom stereocenters. The summed E-state index contributed by atoms with van der Waals surface area (Å²) in [6.45, 7) is 3.07. The lowest BCUT2D eigenvalue weighted by Crippen LogP contribution is -2.16. The smallest absolute Gasteiger partial charge is 0.305 e. The Morgan fingerprint density at radius 1 is 1.58 bits per heavy atom. The molecule has 1 atom stereocenters. The van der Waals surface area contributed by atoms with Gasteiger partial charge in [-0.2, -0.15) is 0 Å². The normalized spacial score (nSPS) is 12.6. The van der Waals surface area contributed by atoms with Gasteiger partial charge in [-0.05, 0) is 25.9 Å². The fourth-order valence-electron chi connectivity index (χ4n) is 1.12. The average molecular weight is 173 g/mol. The highest BCUT2D eigenvalue weighted by Crippen LogP contribution is 2.12. The van der Waals surface area contributed by atoms with E-state index in [1.807, 2.05) is 7.05 Å². The maximum Gasteiger partial charge on any atom is 0.305 e. The van der Waals surface area contributed by atoms with E-state index in [1.54, 1.807) is 0 Å². The van der Waals surface area contributed by atoms with Crippen LogP contribution in [0.5, 0.6) is 0 Å². The zero-order valence-corrected chi connectivity index (χ0v) is 8.22. The molecule has 0 fully saturated rings. The summed E-state index contributed by atoms with van der Waals surface area (Å²) >= 11 is 0. The van der Waals surface area contributed by atoms with Gasteiger partial charge in [0.15, 0.2) is 0 Å². The fourth-order valence-corrected chi connectivity index (χ4v) is 1.12. The maximum absolute atomic E-state index is 10.9. The molecule has 0 aromatic rings. The first kappa shape index (κ1) is 11.4. The van der Waals surface area contributed by atoms with Crippen LogP contribution in [-0.4, -0.2) is 26.7 Å². The lowest BCUT2D eigenvalue weighted by molar-refractivity contribution is -0.141. The number of carbonyl (C=O) groups excluding carboxylic acids is 1. The van der Waals surface area contributed by atoms with Crippen LogP contribution in [0.1, 0.15) is 26.2 Å². The van der Waals surface area contributed by atoms with E-state index in [1.165, 1.54) is 7.11 Å². The van der Waals surface area contributed by atoms with Crippen molar-refractivity contribution >= 4 is 5.97 Å². The lowest BCUT2D eigenvalue weighted by atomic mass is 9.99. The van der Waals surface area contributed by atoms with Crippen LogP contribution in [0.3, 0.4) is 0 Å². The van der Waals surface area contributed by atoms with E-state index in [0.717, 1.165) is 19.4 Å². The molecule has 0 heterocycles. The van der Waals surface area contributed by atoms with Gasteiger partial charge in [0, 0.05) is 6.42 Å². The highest BCUT2D eigenvalue weighted by molar-refractivity contribution is 5.69. The monoisotopic (exact) mass is 173 g/mol. The zero-order valence-electron chi connectivity index (χ0n) is 8.22. The molecule has 0 aromatic heterocycles. The number of carbonyl (C=O) groups is 1. The van der Waals surface area contributed by atoms with Gasteiger partial charge in [-0.25, -0.2) is 0 Å². The fraction of sp³-hybridized carbons (Fsp3) is 0.889.